The second kappa shape index (κ2) is 9.02. The molecule has 7 heteroatoms. The van der Waals surface area contributed by atoms with Gasteiger partial charge in [-0.25, -0.2) is 0 Å². The molecule has 1 saturated heterocycles. The van der Waals surface area contributed by atoms with E-state index in [0.717, 1.165) is 47.9 Å². The van der Waals surface area contributed by atoms with Crippen LogP contribution in [0.3, 0.4) is 0 Å². The van der Waals surface area contributed by atoms with Gasteiger partial charge in [0.2, 0.25) is 0 Å². The summed E-state index contributed by atoms with van der Waals surface area (Å²) in [7, 11) is 0. The van der Waals surface area contributed by atoms with Crippen LogP contribution in [-0.2, 0) is 17.8 Å². The van der Waals surface area contributed by atoms with Crippen LogP contribution in [0.4, 0.5) is 5.69 Å². The number of aromatic nitrogens is 1. The van der Waals surface area contributed by atoms with E-state index in [2.05, 4.69) is 22.3 Å². The van der Waals surface area contributed by atoms with E-state index < -0.39 is 0 Å². The van der Waals surface area contributed by atoms with Crippen LogP contribution in [-0.4, -0.2) is 36.8 Å². The third-order valence-electron chi connectivity index (χ3n) is 5.45. The first-order chi connectivity index (χ1) is 14.6. The summed E-state index contributed by atoms with van der Waals surface area (Å²) in [6, 6.07) is 10.2. The highest BCUT2D eigenvalue weighted by atomic mass is 32.1. The number of nitrogens with one attached hydrogen (secondary N) is 1. The Morgan fingerprint density at radius 2 is 1.90 bits per heavy atom. The molecule has 1 aliphatic rings. The van der Waals surface area contributed by atoms with Crippen molar-refractivity contribution in [3.8, 4) is 0 Å². The maximum Gasteiger partial charge on any atom is 0.260 e. The Balaban J connectivity index is 1.50. The number of thiophene rings is 1. The zero-order valence-corrected chi connectivity index (χ0v) is 18.3. The number of hydrogen-bond acceptors (Lipinski definition) is 5. The van der Waals surface area contributed by atoms with Gasteiger partial charge in [0.1, 0.15) is 0 Å². The lowest BCUT2D eigenvalue weighted by atomic mass is 10.1. The SMILES string of the molecule is CCCn1ccc2sc(C)c(C(=O)NCc3ccc(N4CCOCC4)cc3)c2c1=O. The summed E-state index contributed by atoms with van der Waals surface area (Å²) in [6.07, 6.45) is 2.69. The molecule has 2 aromatic heterocycles. The fourth-order valence-electron chi connectivity index (χ4n) is 3.87. The molecular formula is C23H27N3O3S. The van der Waals surface area contributed by atoms with Crippen LogP contribution in [0.25, 0.3) is 10.1 Å². The van der Waals surface area contributed by atoms with Gasteiger partial charge in [-0.2, -0.15) is 0 Å². The van der Waals surface area contributed by atoms with Gasteiger partial charge in [0.15, 0.2) is 0 Å². The van der Waals surface area contributed by atoms with Crippen LogP contribution in [0.1, 0.15) is 34.1 Å². The van der Waals surface area contributed by atoms with Crippen molar-refractivity contribution in [2.24, 2.45) is 0 Å². The Kier molecular flexibility index (Phi) is 6.20. The zero-order valence-electron chi connectivity index (χ0n) is 17.4. The van der Waals surface area contributed by atoms with Crippen molar-refractivity contribution in [1.29, 1.82) is 0 Å². The number of fused-ring (bicyclic) bond motifs is 1. The maximum atomic E-state index is 13.0. The van der Waals surface area contributed by atoms with Gasteiger partial charge < -0.3 is 19.5 Å². The predicted octanol–water partition coefficient (Wildman–Crippen LogP) is 3.55. The van der Waals surface area contributed by atoms with Crippen molar-refractivity contribution in [3.05, 3.63) is 62.9 Å². The first kappa shape index (κ1) is 20.6. The van der Waals surface area contributed by atoms with Gasteiger partial charge >= 0.3 is 0 Å². The van der Waals surface area contributed by atoms with Gasteiger partial charge in [0.05, 0.1) is 24.2 Å². The quantitative estimate of drug-likeness (QED) is 0.656. The molecule has 1 aliphatic heterocycles. The largest absolute Gasteiger partial charge is 0.378 e. The third-order valence-corrected chi connectivity index (χ3v) is 6.52. The summed E-state index contributed by atoms with van der Waals surface area (Å²) in [5.41, 5.74) is 2.62. The summed E-state index contributed by atoms with van der Waals surface area (Å²) in [4.78, 5) is 29.0. The van der Waals surface area contributed by atoms with Crippen molar-refractivity contribution in [1.82, 2.24) is 9.88 Å². The average molecular weight is 426 g/mol. The molecule has 1 fully saturated rings. The van der Waals surface area contributed by atoms with E-state index in [1.54, 1.807) is 4.57 Å². The standard InChI is InChI=1S/C23H27N3O3S/c1-3-9-26-10-8-19-21(23(26)28)20(16(2)30-19)22(27)24-15-17-4-6-18(7-5-17)25-11-13-29-14-12-25/h4-8,10H,3,9,11-15H2,1-2H3,(H,24,27). The number of carbonyl (C=O) groups is 1. The number of pyridine rings is 1. The topological polar surface area (TPSA) is 63.6 Å². The lowest BCUT2D eigenvalue weighted by Gasteiger charge is -2.28. The summed E-state index contributed by atoms with van der Waals surface area (Å²) >= 11 is 1.50. The van der Waals surface area contributed by atoms with E-state index in [1.165, 1.54) is 17.0 Å². The highest BCUT2D eigenvalue weighted by Gasteiger charge is 2.20. The molecule has 3 aromatic rings. The Bertz CT molecular complexity index is 1100. The van der Waals surface area contributed by atoms with E-state index in [0.29, 0.717) is 24.0 Å². The van der Waals surface area contributed by atoms with Crippen molar-refractivity contribution in [2.45, 2.75) is 33.4 Å². The number of ether oxygens (including phenoxy) is 1. The molecule has 0 saturated carbocycles. The normalized spacial score (nSPS) is 14.3. The maximum absolute atomic E-state index is 13.0. The average Bonchev–Trinajstić information content (AvgIpc) is 3.12. The number of hydrogen-bond donors (Lipinski definition) is 1. The molecule has 3 heterocycles. The number of aryl methyl sites for hydroxylation is 2. The van der Waals surface area contributed by atoms with Crippen molar-refractivity contribution in [2.75, 3.05) is 31.2 Å². The minimum atomic E-state index is -0.192. The van der Waals surface area contributed by atoms with Crippen LogP contribution in [0.5, 0.6) is 0 Å². The zero-order chi connectivity index (χ0) is 21.1. The molecule has 1 amide bonds. The highest BCUT2D eigenvalue weighted by Crippen LogP contribution is 2.28. The molecule has 30 heavy (non-hydrogen) atoms. The minimum Gasteiger partial charge on any atom is -0.378 e. The molecule has 1 aromatic carbocycles. The fourth-order valence-corrected chi connectivity index (χ4v) is 4.92. The Morgan fingerprint density at radius 1 is 1.17 bits per heavy atom. The van der Waals surface area contributed by atoms with E-state index in [4.69, 9.17) is 4.74 Å². The van der Waals surface area contributed by atoms with Crippen LogP contribution < -0.4 is 15.8 Å². The van der Waals surface area contributed by atoms with Crippen molar-refractivity contribution in [3.63, 3.8) is 0 Å². The van der Waals surface area contributed by atoms with E-state index in [-0.39, 0.29) is 11.5 Å². The first-order valence-electron chi connectivity index (χ1n) is 10.4. The van der Waals surface area contributed by atoms with Crippen molar-refractivity contribution < 1.29 is 9.53 Å². The van der Waals surface area contributed by atoms with Crippen LogP contribution in [0, 0.1) is 6.92 Å². The van der Waals surface area contributed by atoms with Gasteiger partial charge in [-0.1, -0.05) is 19.1 Å². The molecule has 1 N–H and O–H groups in total. The number of amides is 1. The lowest BCUT2D eigenvalue weighted by molar-refractivity contribution is 0.0952. The number of morpholine rings is 1. The second-order valence-electron chi connectivity index (χ2n) is 7.54. The Morgan fingerprint density at radius 3 is 2.60 bits per heavy atom. The second-order valence-corrected chi connectivity index (χ2v) is 8.79. The van der Waals surface area contributed by atoms with E-state index in [1.807, 2.05) is 38.2 Å². The number of benzene rings is 1. The molecule has 0 bridgehead atoms. The lowest BCUT2D eigenvalue weighted by Crippen LogP contribution is -2.36. The fraction of sp³-hybridized carbons (Fsp3) is 0.391. The third kappa shape index (κ3) is 4.13. The number of nitrogens with zero attached hydrogens (tertiary/aromatic N) is 2. The van der Waals surface area contributed by atoms with Crippen LogP contribution in [0.2, 0.25) is 0 Å². The first-order valence-corrected chi connectivity index (χ1v) is 11.2. The molecule has 0 unspecified atom stereocenters. The molecule has 4 rings (SSSR count). The summed E-state index contributed by atoms with van der Waals surface area (Å²) in [5.74, 6) is -0.192. The van der Waals surface area contributed by atoms with E-state index in [9.17, 15) is 9.59 Å². The molecule has 0 radical (unpaired) electrons. The number of carbonyl (C=O) groups excluding carboxylic acids is 1. The number of rotatable bonds is 6. The van der Waals surface area contributed by atoms with Crippen molar-refractivity contribution >= 4 is 33.0 Å². The van der Waals surface area contributed by atoms with Gasteiger partial charge in [-0.15, -0.1) is 11.3 Å². The van der Waals surface area contributed by atoms with Gasteiger partial charge in [0, 0.05) is 47.6 Å². The predicted molar refractivity (Wildman–Crippen MR) is 122 cm³/mol. The summed E-state index contributed by atoms with van der Waals surface area (Å²) in [5, 5.41) is 3.53. The molecule has 0 atom stereocenters. The number of anilines is 1. The molecule has 6 nitrogen and oxygen atoms in total. The van der Waals surface area contributed by atoms with Crippen LogP contribution in [0.15, 0.2) is 41.3 Å². The summed E-state index contributed by atoms with van der Waals surface area (Å²) < 4.78 is 7.96. The van der Waals surface area contributed by atoms with Gasteiger partial charge in [-0.05, 0) is 37.1 Å². The monoisotopic (exact) mass is 425 g/mol. The van der Waals surface area contributed by atoms with Gasteiger partial charge in [0.25, 0.3) is 11.5 Å². The van der Waals surface area contributed by atoms with Crippen LogP contribution >= 0.6 is 11.3 Å². The molecule has 0 aliphatic carbocycles. The van der Waals surface area contributed by atoms with E-state index >= 15 is 0 Å². The summed E-state index contributed by atoms with van der Waals surface area (Å²) in [6.45, 7) is 8.33. The Hall–Kier alpha value is -2.64. The molecular weight excluding hydrogens is 398 g/mol. The Labute approximate surface area is 180 Å². The smallest absolute Gasteiger partial charge is 0.260 e. The molecule has 0 spiro atoms. The molecule has 158 valence electrons. The highest BCUT2D eigenvalue weighted by molar-refractivity contribution is 7.19. The minimum absolute atomic E-state index is 0.0845. The van der Waals surface area contributed by atoms with Gasteiger partial charge in [-0.3, -0.25) is 9.59 Å².